The van der Waals surface area contributed by atoms with Gasteiger partial charge in [-0.1, -0.05) is 6.42 Å². The van der Waals surface area contributed by atoms with Crippen LogP contribution in [0, 0.1) is 5.92 Å². The van der Waals surface area contributed by atoms with Crippen molar-refractivity contribution in [3.8, 4) is 0 Å². The second-order valence-corrected chi connectivity index (χ2v) is 4.70. The number of likely N-dealkylation sites (tertiary alicyclic amines) is 1. The zero-order chi connectivity index (χ0) is 10.2. The van der Waals surface area contributed by atoms with Gasteiger partial charge in [-0.3, -0.25) is 4.90 Å². The van der Waals surface area contributed by atoms with Gasteiger partial charge in [0.25, 0.3) is 5.92 Å². The number of hydrogen-bond acceptors (Lipinski definition) is 2. The molecular weight excluding hydrogens is 186 g/mol. The molecule has 0 aromatic heterocycles. The van der Waals surface area contributed by atoms with Gasteiger partial charge in [0.15, 0.2) is 0 Å². The maximum absolute atomic E-state index is 12.9. The zero-order valence-corrected chi connectivity index (χ0v) is 8.38. The average Bonchev–Trinajstić information content (AvgIpc) is 2.25. The summed E-state index contributed by atoms with van der Waals surface area (Å²) < 4.78 is 25.7. The Bertz CT molecular complexity index is 204. The molecule has 0 aromatic carbocycles. The van der Waals surface area contributed by atoms with Gasteiger partial charge in [-0.25, -0.2) is 8.78 Å². The van der Waals surface area contributed by atoms with Crippen LogP contribution in [-0.2, 0) is 0 Å². The quantitative estimate of drug-likeness (QED) is 0.754. The maximum atomic E-state index is 12.9. The summed E-state index contributed by atoms with van der Waals surface area (Å²) in [6.45, 7) is 1.07. The Balaban J connectivity index is 1.75. The Morgan fingerprint density at radius 2 is 2.14 bits per heavy atom. The summed E-state index contributed by atoms with van der Waals surface area (Å²) in [5.74, 6) is -1.89. The minimum absolute atomic E-state index is 0.00435. The monoisotopic (exact) mass is 204 g/mol. The summed E-state index contributed by atoms with van der Waals surface area (Å²) in [5.41, 5.74) is 5.96. The number of hydrogen-bond donors (Lipinski definition) is 1. The molecule has 1 aliphatic heterocycles. The molecule has 0 amide bonds. The van der Waals surface area contributed by atoms with E-state index in [0.717, 1.165) is 0 Å². The van der Waals surface area contributed by atoms with Crippen molar-refractivity contribution in [2.24, 2.45) is 11.7 Å². The lowest BCUT2D eigenvalue weighted by atomic mass is 9.80. The molecule has 0 spiro atoms. The third-order valence-corrected chi connectivity index (χ3v) is 3.47. The van der Waals surface area contributed by atoms with E-state index >= 15 is 0 Å². The standard InChI is InChI=1S/C10H18F2N2/c11-10(12)4-5-14(7-10)6-9(13)8-2-1-3-8/h8-9H,1-7,13H2. The summed E-state index contributed by atoms with van der Waals surface area (Å²) >= 11 is 0. The Hall–Kier alpha value is -0.220. The summed E-state index contributed by atoms with van der Waals surface area (Å²) in [4.78, 5) is 1.81. The normalized spacial score (nSPS) is 30.2. The third kappa shape index (κ3) is 2.23. The van der Waals surface area contributed by atoms with Crippen LogP contribution >= 0.6 is 0 Å². The molecule has 0 radical (unpaired) electrons. The first kappa shape index (κ1) is 10.3. The smallest absolute Gasteiger partial charge is 0.261 e. The molecule has 1 aliphatic carbocycles. The van der Waals surface area contributed by atoms with Crippen LogP contribution in [0.4, 0.5) is 8.78 Å². The summed E-state index contributed by atoms with van der Waals surface area (Å²) in [6, 6.07) is 0.109. The van der Waals surface area contributed by atoms with Gasteiger partial charge in [-0.15, -0.1) is 0 Å². The summed E-state index contributed by atoms with van der Waals surface area (Å²) in [6.07, 6.45) is 3.63. The fourth-order valence-electron chi connectivity index (χ4n) is 2.28. The Morgan fingerprint density at radius 3 is 2.57 bits per heavy atom. The molecule has 1 unspecified atom stereocenters. The highest BCUT2D eigenvalue weighted by Crippen LogP contribution is 2.31. The van der Waals surface area contributed by atoms with Gasteiger partial charge >= 0.3 is 0 Å². The van der Waals surface area contributed by atoms with E-state index in [0.29, 0.717) is 19.0 Å². The lowest BCUT2D eigenvalue weighted by Gasteiger charge is -2.33. The van der Waals surface area contributed by atoms with Gasteiger partial charge < -0.3 is 5.73 Å². The Kier molecular flexibility index (Phi) is 2.75. The summed E-state index contributed by atoms with van der Waals surface area (Å²) in [7, 11) is 0. The Morgan fingerprint density at radius 1 is 1.43 bits per heavy atom. The van der Waals surface area contributed by atoms with Crippen molar-refractivity contribution in [1.29, 1.82) is 0 Å². The minimum atomic E-state index is -2.47. The number of rotatable bonds is 3. The SMILES string of the molecule is NC(CN1CCC(F)(F)C1)C1CCC1. The predicted molar refractivity (Wildman–Crippen MR) is 51.3 cm³/mol. The van der Waals surface area contributed by atoms with E-state index in [-0.39, 0.29) is 19.0 Å². The van der Waals surface area contributed by atoms with E-state index in [1.54, 1.807) is 0 Å². The van der Waals surface area contributed by atoms with Crippen molar-refractivity contribution in [3.63, 3.8) is 0 Å². The lowest BCUT2D eigenvalue weighted by molar-refractivity contribution is 0.0108. The topological polar surface area (TPSA) is 29.3 Å². The van der Waals surface area contributed by atoms with Crippen molar-refractivity contribution in [2.45, 2.75) is 37.6 Å². The van der Waals surface area contributed by atoms with E-state index < -0.39 is 5.92 Å². The van der Waals surface area contributed by atoms with Crippen molar-refractivity contribution in [3.05, 3.63) is 0 Å². The van der Waals surface area contributed by atoms with Crippen LogP contribution in [0.1, 0.15) is 25.7 Å². The fraction of sp³-hybridized carbons (Fsp3) is 1.00. The van der Waals surface area contributed by atoms with Crippen LogP contribution in [0.2, 0.25) is 0 Å². The third-order valence-electron chi connectivity index (χ3n) is 3.47. The van der Waals surface area contributed by atoms with Gasteiger partial charge in [0, 0.05) is 25.6 Å². The molecule has 2 nitrogen and oxygen atoms in total. The zero-order valence-electron chi connectivity index (χ0n) is 8.38. The highest BCUT2D eigenvalue weighted by atomic mass is 19.3. The lowest BCUT2D eigenvalue weighted by Crippen LogP contribution is -2.44. The second kappa shape index (κ2) is 3.74. The van der Waals surface area contributed by atoms with E-state index in [1.807, 2.05) is 4.90 Å². The molecule has 2 aliphatic rings. The van der Waals surface area contributed by atoms with Crippen molar-refractivity contribution >= 4 is 0 Å². The maximum Gasteiger partial charge on any atom is 0.261 e. The van der Waals surface area contributed by atoms with Crippen molar-refractivity contribution < 1.29 is 8.78 Å². The Labute approximate surface area is 83.4 Å². The molecule has 0 aromatic rings. The van der Waals surface area contributed by atoms with Crippen LogP contribution in [0.5, 0.6) is 0 Å². The molecule has 1 saturated carbocycles. The largest absolute Gasteiger partial charge is 0.326 e. The van der Waals surface area contributed by atoms with Crippen LogP contribution in [0.15, 0.2) is 0 Å². The first-order chi connectivity index (χ1) is 6.57. The highest BCUT2D eigenvalue weighted by Gasteiger charge is 2.39. The number of nitrogens with zero attached hydrogens (tertiary/aromatic N) is 1. The average molecular weight is 204 g/mol. The molecule has 2 fully saturated rings. The first-order valence-electron chi connectivity index (χ1n) is 5.43. The molecule has 2 rings (SSSR count). The van der Waals surface area contributed by atoms with E-state index in [9.17, 15) is 8.78 Å². The molecule has 2 N–H and O–H groups in total. The molecule has 0 bridgehead atoms. The summed E-state index contributed by atoms with van der Waals surface area (Å²) in [5, 5.41) is 0. The van der Waals surface area contributed by atoms with Gasteiger partial charge in [-0.05, 0) is 18.8 Å². The molecule has 1 saturated heterocycles. The molecule has 14 heavy (non-hydrogen) atoms. The first-order valence-corrected chi connectivity index (χ1v) is 5.43. The molecular formula is C10H18F2N2. The number of nitrogens with two attached hydrogens (primary N) is 1. The van der Waals surface area contributed by atoms with Crippen LogP contribution in [-0.4, -0.2) is 36.5 Å². The highest BCUT2D eigenvalue weighted by molar-refractivity contribution is 4.87. The fourth-order valence-corrected chi connectivity index (χ4v) is 2.28. The van der Waals surface area contributed by atoms with Gasteiger partial charge in [0.1, 0.15) is 0 Å². The second-order valence-electron chi connectivity index (χ2n) is 4.70. The molecule has 82 valence electrons. The number of alkyl halides is 2. The molecule has 1 atom stereocenters. The van der Waals surface area contributed by atoms with E-state index in [1.165, 1.54) is 19.3 Å². The van der Waals surface area contributed by atoms with E-state index in [2.05, 4.69) is 0 Å². The van der Waals surface area contributed by atoms with Crippen LogP contribution < -0.4 is 5.73 Å². The van der Waals surface area contributed by atoms with Crippen LogP contribution in [0.25, 0.3) is 0 Å². The van der Waals surface area contributed by atoms with Crippen molar-refractivity contribution in [2.75, 3.05) is 19.6 Å². The molecule has 4 heteroatoms. The minimum Gasteiger partial charge on any atom is -0.326 e. The van der Waals surface area contributed by atoms with Crippen LogP contribution in [0.3, 0.4) is 0 Å². The van der Waals surface area contributed by atoms with E-state index in [4.69, 9.17) is 5.73 Å². The number of halogens is 2. The van der Waals surface area contributed by atoms with Gasteiger partial charge in [0.05, 0.1) is 6.54 Å². The van der Waals surface area contributed by atoms with Gasteiger partial charge in [-0.2, -0.15) is 0 Å². The van der Waals surface area contributed by atoms with Crippen molar-refractivity contribution in [1.82, 2.24) is 4.90 Å². The molecule has 1 heterocycles. The predicted octanol–water partition coefficient (Wildman–Crippen LogP) is 1.45. The van der Waals surface area contributed by atoms with Gasteiger partial charge in [0.2, 0.25) is 0 Å².